The Hall–Kier alpha value is -0.650. The normalized spacial score (nSPS) is 34.7. The summed E-state index contributed by atoms with van der Waals surface area (Å²) in [6.45, 7) is 5.27. The van der Waals surface area contributed by atoms with Gasteiger partial charge in [-0.05, 0) is 44.1 Å². The van der Waals surface area contributed by atoms with Crippen LogP contribution in [0.2, 0.25) is 0 Å². The second-order valence-corrected chi connectivity index (χ2v) is 6.50. The highest BCUT2D eigenvalue weighted by atomic mass is 16.4. The molecule has 116 valence electrons. The Bertz CT molecular complexity index is 324. The highest BCUT2D eigenvalue weighted by Crippen LogP contribution is 2.34. The van der Waals surface area contributed by atoms with Crippen LogP contribution in [0.1, 0.15) is 39.0 Å². The van der Waals surface area contributed by atoms with E-state index in [0.29, 0.717) is 12.1 Å². The van der Waals surface area contributed by atoms with Crippen molar-refractivity contribution < 1.29 is 15.0 Å². The van der Waals surface area contributed by atoms with E-state index in [2.05, 4.69) is 17.1 Å². The number of nitrogens with zero attached hydrogens (tertiary/aromatic N) is 1. The summed E-state index contributed by atoms with van der Waals surface area (Å²) < 4.78 is 0. The summed E-state index contributed by atoms with van der Waals surface area (Å²) >= 11 is 0. The third kappa shape index (κ3) is 4.17. The summed E-state index contributed by atoms with van der Waals surface area (Å²) in [4.78, 5) is 13.5. The Labute approximate surface area is 121 Å². The minimum absolute atomic E-state index is 0.210. The highest BCUT2D eigenvalue weighted by molar-refractivity contribution is 5.67. The summed E-state index contributed by atoms with van der Waals surface area (Å²) in [5.41, 5.74) is 0. The van der Waals surface area contributed by atoms with Crippen molar-refractivity contribution in [1.29, 1.82) is 0 Å². The summed E-state index contributed by atoms with van der Waals surface area (Å²) in [6, 6.07) is 1.01. The first-order chi connectivity index (χ1) is 9.60. The van der Waals surface area contributed by atoms with E-state index < -0.39 is 5.97 Å². The zero-order valence-electron chi connectivity index (χ0n) is 12.4. The van der Waals surface area contributed by atoms with Crippen molar-refractivity contribution in [2.24, 2.45) is 11.8 Å². The van der Waals surface area contributed by atoms with Crippen LogP contribution < -0.4 is 5.32 Å². The molecule has 0 aromatic rings. The van der Waals surface area contributed by atoms with Crippen molar-refractivity contribution in [2.75, 3.05) is 26.2 Å². The molecule has 0 amide bonds. The average molecular weight is 284 g/mol. The lowest BCUT2D eigenvalue weighted by molar-refractivity contribution is -0.138. The number of nitrogens with one attached hydrogen (secondary N) is 1. The maximum atomic E-state index is 11.0. The number of hydrogen-bond acceptors (Lipinski definition) is 4. The minimum Gasteiger partial charge on any atom is -0.481 e. The lowest BCUT2D eigenvalue weighted by atomic mass is 9.78. The number of aliphatic hydroxyl groups excluding tert-OH is 1. The number of aliphatic hydroxyl groups is 1. The van der Waals surface area contributed by atoms with Crippen molar-refractivity contribution in [3.8, 4) is 0 Å². The van der Waals surface area contributed by atoms with Crippen molar-refractivity contribution in [3.63, 3.8) is 0 Å². The predicted octanol–water partition coefficient (Wildman–Crippen LogP) is 0.922. The van der Waals surface area contributed by atoms with E-state index in [1.165, 1.54) is 12.8 Å². The summed E-state index contributed by atoms with van der Waals surface area (Å²) in [6.07, 6.45) is 4.53. The van der Waals surface area contributed by atoms with Crippen LogP contribution in [0, 0.1) is 11.8 Å². The first-order valence-electron chi connectivity index (χ1n) is 7.90. The number of piperidine rings is 1. The Morgan fingerprint density at radius 1 is 1.35 bits per heavy atom. The van der Waals surface area contributed by atoms with Crippen molar-refractivity contribution in [2.45, 2.75) is 51.1 Å². The molecule has 5 heteroatoms. The van der Waals surface area contributed by atoms with E-state index in [1.807, 2.05) is 0 Å². The van der Waals surface area contributed by atoms with Crippen LogP contribution in [0.4, 0.5) is 0 Å². The molecule has 4 unspecified atom stereocenters. The average Bonchev–Trinajstić information content (AvgIpc) is 2.36. The van der Waals surface area contributed by atoms with Gasteiger partial charge in [0.2, 0.25) is 0 Å². The van der Waals surface area contributed by atoms with Crippen LogP contribution in [0.5, 0.6) is 0 Å². The second kappa shape index (κ2) is 7.38. The van der Waals surface area contributed by atoms with Crippen molar-refractivity contribution >= 4 is 5.97 Å². The van der Waals surface area contributed by atoms with E-state index in [1.54, 1.807) is 0 Å². The highest BCUT2D eigenvalue weighted by Gasteiger charge is 2.37. The third-order valence-electron chi connectivity index (χ3n) is 4.84. The topological polar surface area (TPSA) is 72.8 Å². The Kier molecular flexibility index (Phi) is 5.81. The van der Waals surface area contributed by atoms with Gasteiger partial charge >= 0.3 is 5.97 Å². The Morgan fingerprint density at radius 2 is 2.15 bits per heavy atom. The SMILES string of the molecule is CC1CCC1N1CC(CC(=O)O)CC(NCCCO)C1. The van der Waals surface area contributed by atoms with E-state index in [-0.39, 0.29) is 18.9 Å². The quantitative estimate of drug-likeness (QED) is 0.606. The molecule has 1 saturated heterocycles. The van der Waals surface area contributed by atoms with Gasteiger partial charge in [-0.3, -0.25) is 9.69 Å². The van der Waals surface area contributed by atoms with E-state index in [4.69, 9.17) is 10.2 Å². The van der Waals surface area contributed by atoms with Gasteiger partial charge in [0.25, 0.3) is 0 Å². The molecule has 1 heterocycles. The van der Waals surface area contributed by atoms with E-state index in [0.717, 1.165) is 38.4 Å². The molecule has 1 saturated carbocycles. The zero-order chi connectivity index (χ0) is 14.5. The smallest absolute Gasteiger partial charge is 0.303 e. The summed E-state index contributed by atoms with van der Waals surface area (Å²) in [7, 11) is 0. The summed E-state index contributed by atoms with van der Waals surface area (Å²) in [5, 5.41) is 21.4. The second-order valence-electron chi connectivity index (χ2n) is 6.50. The maximum absolute atomic E-state index is 11.0. The molecular formula is C15H28N2O3. The molecule has 0 radical (unpaired) electrons. The fourth-order valence-electron chi connectivity index (χ4n) is 3.63. The Balaban J connectivity index is 1.89. The fraction of sp³-hybridized carbons (Fsp3) is 0.933. The fourth-order valence-corrected chi connectivity index (χ4v) is 3.63. The molecule has 2 rings (SSSR count). The van der Waals surface area contributed by atoms with Crippen LogP contribution in [0.25, 0.3) is 0 Å². The van der Waals surface area contributed by atoms with Gasteiger partial charge in [0.05, 0.1) is 0 Å². The zero-order valence-corrected chi connectivity index (χ0v) is 12.4. The molecule has 0 aromatic carbocycles. The van der Waals surface area contributed by atoms with Gasteiger partial charge in [0, 0.05) is 38.2 Å². The third-order valence-corrected chi connectivity index (χ3v) is 4.84. The molecule has 4 atom stereocenters. The lowest BCUT2D eigenvalue weighted by Gasteiger charge is -2.48. The number of hydrogen-bond donors (Lipinski definition) is 3. The van der Waals surface area contributed by atoms with Gasteiger partial charge in [-0.25, -0.2) is 0 Å². The molecule has 0 aromatic heterocycles. The molecule has 3 N–H and O–H groups in total. The van der Waals surface area contributed by atoms with Gasteiger partial charge in [-0.15, -0.1) is 0 Å². The van der Waals surface area contributed by atoms with Crippen LogP contribution in [0.3, 0.4) is 0 Å². The molecule has 0 spiro atoms. The number of likely N-dealkylation sites (tertiary alicyclic amines) is 1. The van der Waals surface area contributed by atoms with Crippen LogP contribution >= 0.6 is 0 Å². The molecule has 1 aliphatic carbocycles. The van der Waals surface area contributed by atoms with Crippen molar-refractivity contribution in [1.82, 2.24) is 10.2 Å². The standard InChI is InChI=1S/C15H28N2O3/c1-11-3-4-14(11)17-9-12(8-15(19)20)7-13(10-17)16-5-2-6-18/h11-14,16,18H,2-10H2,1H3,(H,19,20). The lowest BCUT2D eigenvalue weighted by Crippen LogP contribution is -2.56. The number of carboxylic acid groups (broad SMARTS) is 1. The van der Waals surface area contributed by atoms with Gasteiger partial charge in [-0.2, -0.15) is 0 Å². The maximum Gasteiger partial charge on any atom is 0.303 e. The number of carboxylic acids is 1. The minimum atomic E-state index is -0.687. The van der Waals surface area contributed by atoms with Crippen LogP contribution in [0.15, 0.2) is 0 Å². The number of carbonyl (C=O) groups is 1. The first kappa shape index (κ1) is 15.7. The largest absolute Gasteiger partial charge is 0.481 e. The van der Waals surface area contributed by atoms with E-state index in [9.17, 15) is 4.79 Å². The van der Waals surface area contributed by atoms with Gasteiger partial charge in [0.1, 0.15) is 0 Å². The molecule has 2 aliphatic rings. The molecule has 2 fully saturated rings. The van der Waals surface area contributed by atoms with E-state index >= 15 is 0 Å². The number of aliphatic carboxylic acids is 1. The number of rotatable bonds is 7. The van der Waals surface area contributed by atoms with Gasteiger partial charge in [0.15, 0.2) is 0 Å². The molecule has 5 nitrogen and oxygen atoms in total. The molecule has 0 bridgehead atoms. The molecular weight excluding hydrogens is 256 g/mol. The Morgan fingerprint density at radius 3 is 2.70 bits per heavy atom. The van der Waals surface area contributed by atoms with Crippen molar-refractivity contribution in [3.05, 3.63) is 0 Å². The monoisotopic (exact) mass is 284 g/mol. The first-order valence-corrected chi connectivity index (χ1v) is 7.90. The van der Waals surface area contributed by atoms with Crippen LogP contribution in [-0.2, 0) is 4.79 Å². The van der Waals surface area contributed by atoms with Crippen LogP contribution in [-0.4, -0.2) is 59.4 Å². The van der Waals surface area contributed by atoms with Gasteiger partial charge in [-0.1, -0.05) is 6.92 Å². The molecule has 20 heavy (non-hydrogen) atoms. The predicted molar refractivity (Wildman–Crippen MR) is 77.6 cm³/mol. The van der Waals surface area contributed by atoms with Gasteiger partial charge < -0.3 is 15.5 Å². The summed E-state index contributed by atoms with van der Waals surface area (Å²) in [5.74, 6) is 0.310. The molecule has 1 aliphatic heterocycles.